The highest BCUT2D eigenvalue weighted by atomic mass is 16.5. The van der Waals surface area contributed by atoms with Gasteiger partial charge >= 0.3 is 0 Å². The number of ether oxygens (including phenoxy) is 1. The molecule has 0 saturated carbocycles. The molecule has 0 fully saturated rings. The standard InChI is InChI=1S/C48H31N3O/c1-4-16-32(17-5-1)37-26-15-27-40-45-38-24-10-12-28-43(38)52-44-29-13-11-25-39(44)47(45)51(46(37)40)36-23-14-22-35(30-36)48-49-41(33-18-6-2-7-19-33)31-42(50-48)34-20-8-3-9-21-34/h1-31H. The quantitative estimate of drug-likeness (QED) is 0.184. The lowest BCUT2D eigenvalue weighted by Gasteiger charge is -2.16. The third kappa shape index (κ3) is 5.00. The first kappa shape index (κ1) is 29.8. The summed E-state index contributed by atoms with van der Waals surface area (Å²) in [6.45, 7) is 0. The first-order valence-corrected chi connectivity index (χ1v) is 17.5. The molecule has 244 valence electrons. The van der Waals surface area contributed by atoms with Gasteiger partial charge in [0.1, 0.15) is 11.5 Å². The van der Waals surface area contributed by atoms with Gasteiger partial charge in [0.05, 0.1) is 22.6 Å². The minimum Gasteiger partial charge on any atom is -0.456 e. The van der Waals surface area contributed by atoms with Crippen LogP contribution in [0.25, 0.3) is 84.0 Å². The SMILES string of the molecule is c1ccc(-c2cc(-c3ccccc3)nc(-c3cccc(-n4c5c(c6cccc(-c7ccccc7)c64)-c4ccccc4Oc4ccccc4-5)c3)n2)cc1. The molecule has 0 saturated heterocycles. The summed E-state index contributed by atoms with van der Waals surface area (Å²) in [5.74, 6) is 2.33. The summed E-state index contributed by atoms with van der Waals surface area (Å²) in [4.78, 5) is 10.4. The van der Waals surface area contributed by atoms with Crippen molar-refractivity contribution in [2.45, 2.75) is 0 Å². The molecule has 4 heteroatoms. The molecule has 0 unspecified atom stereocenters. The smallest absolute Gasteiger partial charge is 0.160 e. The van der Waals surface area contributed by atoms with Gasteiger partial charge in [-0.15, -0.1) is 0 Å². The molecule has 0 spiro atoms. The van der Waals surface area contributed by atoms with E-state index in [-0.39, 0.29) is 0 Å². The maximum absolute atomic E-state index is 6.67. The molecule has 2 aromatic heterocycles. The second-order valence-corrected chi connectivity index (χ2v) is 13.0. The number of aromatic nitrogens is 3. The summed E-state index contributed by atoms with van der Waals surface area (Å²) >= 11 is 0. The second kappa shape index (κ2) is 12.4. The molecule has 52 heavy (non-hydrogen) atoms. The van der Waals surface area contributed by atoms with Crippen LogP contribution in [0, 0.1) is 0 Å². The van der Waals surface area contributed by atoms with Gasteiger partial charge in [-0.2, -0.15) is 0 Å². The molecule has 1 aliphatic heterocycles. The minimum absolute atomic E-state index is 0.668. The molecular formula is C48H31N3O. The fourth-order valence-corrected chi connectivity index (χ4v) is 7.48. The summed E-state index contributed by atoms with van der Waals surface area (Å²) in [5.41, 5.74) is 13.5. The van der Waals surface area contributed by atoms with Gasteiger partial charge in [0.2, 0.25) is 0 Å². The van der Waals surface area contributed by atoms with Crippen molar-refractivity contribution in [3.63, 3.8) is 0 Å². The van der Waals surface area contributed by atoms with Gasteiger partial charge in [-0.3, -0.25) is 0 Å². The monoisotopic (exact) mass is 665 g/mol. The van der Waals surface area contributed by atoms with Crippen LogP contribution in [-0.4, -0.2) is 14.5 Å². The molecule has 7 aromatic carbocycles. The van der Waals surface area contributed by atoms with E-state index in [9.17, 15) is 0 Å². The first-order chi connectivity index (χ1) is 25.8. The van der Waals surface area contributed by atoms with Crippen LogP contribution in [0.4, 0.5) is 0 Å². The van der Waals surface area contributed by atoms with Crippen LogP contribution in [0.3, 0.4) is 0 Å². The highest BCUT2D eigenvalue weighted by Gasteiger charge is 2.29. The predicted octanol–water partition coefficient (Wildman–Crippen LogP) is 12.5. The number of hydrogen-bond donors (Lipinski definition) is 0. The molecule has 0 aliphatic carbocycles. The minimum atomic E-state index is 0.668. The maximum atomic E-state index is 6.67. The van der Waals surface area contributed by atoms with Crippen molar-refractivity contribution in [2.75, 3.05) is 0 Å². The Morgan fingerprint density at radius 1 is 0.404 bits per heavy atom. The number of benzene rings is 7. The molecule has 1 aliphatic rings. The predicted molar refractivity (Wildman–Crippen MR) is 212 cm³/mol. The highest BCUT2D eigenvalue weighted by molar-refractivity contribution is 6.12. The molecule has 0 radical (unpaired) electrons. The fourth-order valence-electron chi connectivity index (χ4n) is 7.48. The van der Waals surface area contributed by atoms with Crippen molar-refractivity contribution in [3.05, 3.63) is 188 Å². The van der Waals surface area contributed by atoms with E-state index < -0.39 is 0 Å². The van der Waals surface area contributed by atoms with Crippen molar-refractivity contribution in [3.8, 4) is 84.6 Å². The zero-order chi connectivity index (χ0) is 34.4. The van der Waals surface area contributed by atoms with Crippen molar-refractivity contribution in [1.82, 2.24) is 14.5 Å². The number of rotatable bonds is 5. The van der Waals surface area contributed by atoms with Gasteiger partial charge < -0.3 is 9.30 Å². The summed E-state index contributed by atoms with van der Waals surface area (Å²) in [7, 11) is 0. The Balaban J connectivity index is 1.28. The zero-order valence-electron chi connectivity index (χ0n) is 28.1. The average Bonchev–Trinajstić information content (AvgIpc) is 3.49. The lowest BCUT2D eigenvalue weighted by Crippen LogP contribution is -2.01. The van der Waals surface area contributed by atoms with E-state index in [2.05, 4.69) is 144 Å². The van der Waals surface area contributed by atoms with Crippen LogP contribution >= 0.6 is 0 Å². The van der Waals surface area contributed by atoms with Gasteiger partial charge in [0.25, 0.3) is 0 Å². The van der Waals surface area contributed by atoms with Crippen molar-refractivity contribution >= 4 is 10.9 Å². The largest absolute Gasteiger partial charge is 0.456 e. The Hall–Kier alpha value is -7.04. The molecule has 9 aromatic rings. The number of para-hydroxylation sites is 3. The average molecular weight is 666 g/mol. The number of nitrogens with zero attached hydrogens (tertiary/aromatic N) is 3. The Bertz CT molecular complexity index is 2690. The normalized spacial score (nSPS) is 11.6. The Kier molecular flexibility index (Phi) is 7.10. The van der Waals surface area contributed by atoms with Crippen LogP contribution in [0.5, 0.6) is 11.5 Å². The van der Waals surface area contributed by atoms with Crippen molar-refractivity contribution in [1.29, 1.82) is 0 Å². The molecule has 0 N–H and O–H groups in total. The van der Waals surface area contributed by atoms with Crippen LogP contribution in [0.1, 0.15) is 0 Å². The van der Waals surface area contributed by atoms with Crippen LogP contribution in [-0.2, 0) is 0 Å². The third-order valence-electron chi connectivity index (χ3n) is 9.82. The number of fused-ring (bicyclic) bond motifs is 7. The lowest BCUT2D eigenvalue weighted by molar-refractivity contribution is 0.487. The summed E-state index contributed by atoms with van der Waals surface area (Å²) in [5, 5.41) is 1.16. The van der Waals surface area contributed by atoms with E-state index in [1.807, 2.05) is 48.5 Å². The molecule has 4 nitrogen and oxygen atoms in total. The topological polar surface area (TPSA) is 39.9 Å². The van der Waals surface area contributed by atoms with E-state index in [1.165, 1.54) is 0 Å². The molecular weight excluding hydrogens is 635 g/mol. The van der Waals surface area contributed by atoms with Crippen molar-refractivity contribution < 1.29 is 4.74 Å². The van der Waals surface area contributed by atoms with E-state index in [1.54, 1.807) is 0 Å². The van der Waals surface area contributed by atoms with Gasteiger partial charge in [0, 0.05) is 50.0 Å². The highest BCUT2D eigenvalue weighted by Crippen LogP contribution is 2.53. The van der Waals surface area contributed by atoms with Crippen LogP contribution in [0.15, 0.2) is 188 Å². The van der Waals surface area contributed by atoms with Crippen LogP contribution < -0.4 is 4.74 Å². The number of hydrogen-bond acceptors (Lipinski definition) is 3. The van der Waals surface area contributed by atoms with E-state index in [4.69, 9.17) is 14.7 Å². The lowest BCUT2D eigenvalue weighted by atomic mass is 9.96. The molecule has 10 rings (SSSR count). The van der Waals surface area contributed by atoms with Crippen LogP contribution in [0.2, 0.25) is 0 Å². The first-order valence-electron chi connectivity index (χ1n) is 17.5. The Morgan fingerprint density at radius 3 is 1.60 bits per heavy atom. The van der Waals surface area contributed by atoms with E-state index >= 15 is 0 Å². The van der Waals surface area contributed by atoms with Gasteiger partial charge in [0.15, 0.2) is 5.82 Å². The molecule has 0 bridgehead atoms. The Morgan fingerprint density at radius 2 is 0.923 bits per heavy atom. The van der Waals surface area contributed by atoms with Gasteiger partial charge in [-0.25, -0.2) is 9.97 Å². The molecule has 0 amide bonds. The summed E-state index contributed by atoms with van der Waals surface area (Å²) in [6, 6.07) is 65.4. The van der Waals surface area contributed by atoms with Gasteiger partial charge in [-0.1, -0.05) is 152 Å². The van der Waals surface area contributed by atoms with E-state index in [0.717, 1.165) is 89.7 Å². The Labute approximate surface area is 301 Å². The van der Waals surface area contributed by atoms with Crippen molar-refractivity contribution in [2.24, 2.45) is 0 Å². The summed E-state index contributed by atoms with van der Waals surface area (Å²) < 4.78 is 9.08. The van der Waals surface area contributed by atoms with E-state index in [0.29, 0.717) is 5.82 Å². The summed E-state index contributed by atoms with van der Waals surface area (Å²) in [6.07, 6.45) is 0. The second-order valence-electron chi connectivity index (χ2n) is 13.0. The maximum Gasteiger partial charge on any atom is 0.160 e. The zero-order valence-corrected chi connectivity index (χ0v) is 28.1. The molecule has 0 atom stereocenters. The third-order valence-corrected chi connectivity index (χ3v) is 9.82. The van der Waals surface area contributed by atoms with Gasteiger partial charge in [-0.05, 0) is 42.0 Å². The fraction of sp³-hybridized carbons (Fsp3) is 0. The molecule has 3 heterocycles.